The highest BCUT2D eigenvalue weighted by Crippen LogP contribution is 2.63. The fourth-order valence-electron chi connectivity index (χ4n) is 9.28. The monoisotopic (exact) mass is 598 g/mol. The van der Waals surface area contributed by atoms with E-state index in [0.29, 0.717) is 11.3 Å². The highest BCUT2D eigenvalue weighted by Gasteiger charge is 2.53. The summed E-state index contributed by atoms with van der Waals surface area (Å²) in [5.74, 6) is 1.22. The Balaban J connectivity index is 1.08. The summed E-state index contributed by atoms with van der Waals surface area (Å²) in [5.41, 5.74) is 4.11. The molecule has 0 amide bonds. The van der Waals surface area contributed by atoms with Crippen LogP contribution in [-0.2, 0) is 18.9 Å². The molecule has 15 atom stereocenters. The second kappa shape index (κ2) is 11.9. The maximum atomic E-state index is 10.7. The van der Waals surface area contributed by atoms with Crippen molar-refractivity contribution in [1.82, 2.24) is 0 Å². The van der Waals surface area contributed by atoms with Gasteiger partial charge in [0.15, 0.2) is 12.6 Å². The summed E-state index contributed by atoms with van der Waals surface area (Å²) in [4.78, 5) is 0. The zero-order valence-corrected chi connectivity index (χ0v) is 24.8. The van der Waals surface area contributed by atoms with Crippen LogP contribution in [0.3, 0.4) is 0 Å². The van der Waals surface area contributed by atoms with E-state index in [9.17, 15) is 35.7 Å². The van der Waals surface area contributed by atoms with Crippen LogP contribution in [0.15, 0.2) is 11.1 Å². The number of aliphatic hydroxyl groups is 7. The first-order valence-electron chi connectivity index (χ1n) is 16.0. The standard InChI is InChI=1S/C31H50O11/c1-30-9-3-4-18(30)17-6-5-15-12-16(7-11-31(15,2)19(17)8-10-30)40-29-27(38)25(36)23(34)21(42-29)14-39-28-26(37)24(35)22(33)20(13-32)41-28/h15-16,18,20-29,32-38H,3-14H2,1-2H3/t15-,16-,18-,20+,21+,22+,23+,24-,25-,26+,27+,28+,29+,30-,31-/m0/s1. The fourth-order valence-corrected chi connectivity index (χ4v) is 9.28. The van der Waals surface area contributed by atoms with E-state index >= 15 is 0 Å². The first kappa shape index (κ1) is 31.3. The molecule has 42 heavy (non-hydrogen) atoms. The van der Waals surface area contributed by atoms with Gasteiger partial charge in [0.25, 0.3) is 0 Å². The van der Waals surface area contributed by atoms with Crippen molar-refractivity contribution in [3.05, 3.63) is 11.1 Å². The van der Waals surface area contributed by atoms with Crippen molar-refractivity contribution in [3.8, 4) is 0 Å². The maximum absolute atomic E-state index is 10.7. The Hall–Kier alpha value is -0.700. The van der Waals surface area contributed by atoms with Crippen LogP contribution < -0.4 is 0 Å². The average Bonchev–Trinajstić information content (AvgIpc) is 3.38. The van der Waals surface area contributed by atoms with E-state index in [2.05, 4.69) is 13.8 Å². The molecule has 0 spiro atoms. The van der Waals surface area contributed by atoms with E-state index < -0.39 is 68.0 Å². The normalized spacial score (nSPS) is 52.9. The largest absolute Gasteiger partial charge is 0.394 e. The van der Waals surface area contributed by atoms with Crippen molar-refractivity contribution in [2.24, 2.45) is 22.7 Å². The van der Waals surface area contributed by atoms with Crippen LogP contribution in [0.4, 0.5) is 0 Å². The Bertz CT molecular complexity index is 1010. The van der Waals surface area contributed by atoms with Crippen LogP contribution in [0.2, 0.25) is 0 Å². The Kier molecular flexibility index (Phi) is 8.87. The summed E-state index contributed by atoms with van der Waals surface area (Å²) in [6.07, 6.45) is -2.85. The van der Waals surface area contributed by atoms with Gasteiger partial charge in [-0.05, 0) is 80.5 Å². The number of rotatable bonds is 6. The molecule has 0 unspecified atom stereocenters. The van der Waals surface area contributed by atoms with Gasteiger partial charge in [0.1, 0.15) is 48.8 Å². The molecule has 2 aliphatic heterocycles. The number of allylic oxidation sites excluding steroid dienone is 2. The van der Waals surface area contributed by atoms with Crippen molar-refractivity contribution in [2.45, 2.75) is 146 Å². The van der Waals surface area contributed by atoms with E-state index in [1.807, 2.05) is 0 Å². The first-order chi connectivity index (χ1) is 20.0. The Morgan fingerprint density at radius 1 is 0.762 bits per heavy atom. The summed E-state index contributed by atoms with van der Waals surface area (Å²) in [5, 5.41) is 71.6. The lowest BCUT2D eigenvalue weighted by atomic mass is 9.51. The molecule has 4 fully saturated rings. The minimum absolute atomic E-state index is 0.167. The molecule has 2 saturated carbocycles. The van der Waals surface area contributed by atoms with Gasteiger partial charge in [0.2, 0.25) is 0 Å². The summed E-state index contributed by atoms with van der Waals surface area (Å²) >= 11 is 0. The second-order valence-corrected chi connectivity index (χ2v) is 14.3. The van der Waals surface area contributed by atoms with Gasteiger partial charge in [-0.1, -0.05) is 31.4 Å². The van der Waals surface area contributed by atoms with E-state index in [-0.39, 0.29) is 18.1 Å². The molecule has 240 valence electrons. The molecule has 0 aromatic rings. The zero-order valence-electron chi connectivity index (χ0n) is 24.8. The van der Waals surface area contributed by atoms with Gasteiger partial charge in [-0.3, -0.25) is 0 Å². The molecule has 6 aliphatic rings. The molecule has 6 rings (SSSR count). The van der Waals surface area contributed by atoms with Crippen molar-refractivity contribution >= 4 is 0 Å². The molecule has 2 saturated heterocycles. The lowest BCUT2D eigenvalue weighted by Gasteiger charge is -2.54. The minimum atomic E-state index is -1.61. The van der Waals surface area contributed by atoms with Gasteiger partial charge < -0.3 is 54.7 Å². The molecule has 11 heteroatoms. The number of fused-ring (bicyclic) bond motifs is 4. The molecular formula is C31H50O11. The van der Waals surface area contributed by atoms with E-state index in [1.165, 1.54) is 32.1 Å². The molecule has 0 radical (unpaired) electrons. The average molecular weight is 599 g/mol. The SMILES string of the molecule is C[C@@]12CCC[C@H]1C1=C(CC2)[C@@]2(C)CC[C@H](O[C@@H]3O[C@H](CO[C@@H]4O[C@H](CO)[C@@H](O)[C@H](O)[C@H]4O)[C@@H](O)[C@H](O)[C@H]3O)C[C@@H]2CC1. The molecular weight excluding hydrogens is 548 g/mol. The number of ether oxygens (including phenoxy) is 4. The predicted molar refractivity (Wildman–Crippen MR) is 148 cm³/mol. The highest BCUT2D eigenvalue weighted by atomic mass is 16.7. The van der Waals surface area contributed by atoms with Gasteiger partial charge in [-0.15, -0.1) is 0 Å². The number of hydrogen-bond acceptors (Lipinski definition) is 11. The van der Waals surface area contributed by atoms with E-state index in [0.717, 1.165) is 38.0 Å². The van der Waals surface area contributed by atoms with Gasteiger partial charge in [0.05, 0.1) is 19.3 Å². The number of aliphatic hydroxyl groups excluding tert-OH is 7. The van der Waals surface area contributed by atoms with Crippen LogP contribution in [0, 0.1) is 22.7 Å². The number of hydrogen-bond donors (Lipinski definition) is 7. The molecule has 11 nitrogen and oxygen atoms in total. The lowest BCUT2D eigenvalue weighted by molar-refractivity contribution is -0.337. The smallest absolute Gasteiger partial charge is 0.186 e. The van der Waals surface area contributed by atoms with Crippen LogP contribution in [0.25, 0.3) is 0 Å². The predicted octanol–water partition coefficient (Wildman–Crippen LogP) is 0.493. The molecule has 0 bridgehead atoms. The summed E-state index contributed by atoms with van der Waals surface area (Å²) in [6.45, 7) is 3.97. The zero-order chi connectivity index (χ0) is 30.0. The van der Waals surface area contributed by atoms with Crippen LogP contribution >= 0.6 is 0 Å². The maximum Gasteiger partial charge on any atom is 0.186 e. The van der Waals surface area contributed by atoms with Gasteiger partial charge in [0, 0.05) is 0 Å². The molecule has 2 heterocycles. The molecule has 7 N–H and O–H groups in total. The van der Waals surface area contributed by atoms with E-state index in [4.69, 9.17) is 18.9 Å². The van der Waals surface area contributed by atoms with Crippen LogP contribution in [0.5, 0.6) is 0 Å². The Morgan fingerprint density at radius 3 is 2.19 bits per heavy atom. The van der Waals surface area contributed by atoms with Gasteiger partial charge in [-0.2, -0.15) is 0 Å². The summed E-state index contributed by atoms with van der Waals surface area (Å²) < 4.78 is 23.1. The van der Waals surface area contributed by atoms with Gasteiger partial charge in [-0.25, -0.2) is 0 Å². The Labute approximate surface area is 247 Å². The minimum Gasteiger partial charge on any atom is -0.394 e. The Morgan fingerprint density at radius 2 is 1.45 bits per heavy atom. The van der Waals surface area contributed by atoms with Crippen molar-refractivity contribution in [3.63, 3.8) is 0 Å². The molecule has 4 aliphatic carbocycles. The topological polar surface area (TPSA) is 179 Å². The third-order valence-corrected chi connectivity index (χ3v) is 12.0. The first-order valence-corrected chi connectivity index (χ1v) is 16.0. The van der Waals surface area contributed by atoms with Crippen molar-refractivity contribution in [1.29, 1.82) is 0 Å². The lowest BCUT2D eigenvalue weighted by Crippen LogP contribution is -2.62. The summed E-state index contributed by atoms with van der Waals surface area (Å²) in [7, 11) is 0. The second-order valence-electron chi connectivity index (χ2n) is 14.3. The van der Waals surface area contributed by atoms with Crippen molar-refractivity contribution in [2.75, 3.05) is 13.2 Å². The van der Waals surface area contributed by atoms with Crippen molar-refractivity contribution < 1.29 is 54.7 Å². The van der Waals surface area contributed by atoms with E-state index in [1.54, 1.807) is 11.1 Å². The molecule has 0 aromatic carbocycles. The fraction of sp³-hybridized carbons (Fsp3) is 0.935. The van der Waals surface area contributed by atoms with Gasteiger partial charge >= 0.3 is 0 Å². The summed E-state index contributed by atoms with van der Waals surface area (Å²) in [6, 6.07) is 0. The third-order valence-electron chi connectivity index (χ3n) is 12.0. The molecule has 0 aromatic heterocycles. The highest BCUT2D eigenvalue weighted by molar-refractivity contribution is 5.33. The van der Waals surface area contributed by atoms with Crippen LogP contribution in [0.1, 0.15) is 78.1 Å². The quantitative estimate of drug-likeness (QED) is 0.212. The van der Waals surface area contributed by atoms with Crippen LogP contribution in [-0.4, -0.2) is 116 Å². The third kappa shape index (κ3) is 5.30.